The smallest absolute Gasteiger partial charge is 0.310 e. The number of rotatable bonds is 6. The first kappa shape index (κ1) is 17.9. The Balaban J connectivity index is 2.24. The summed E-state index contributed by atoms with van der Waals surface area (Å²) in [5, 5.41) is 0. The highest BCUT2D eigenvalue weighted by atomic mass is 79.9. The van der Waals surface area contributed by atoms with Gasteiger partial charge in [-0.05, 0) is 52.2 Å². The first-order valence-corrected chi connectivity index (χ1v) is 8.79. The maximum Gasteiger partial charge on any atom is 0.310 e. The summed E-state index contributed by atoms with van der Waals surface area (Å²) in [6.07, 6.45) is 0.328. The molecule has 0 aliphatic carbocycles. The van der Waals surface area contributed by atoms with Gasteiger partial charge in [0.2, 0.25) is 0 Å². The second-order valence-corrected chi connectivity index (χ2v) is 6.27. The second kappa shape index (κ2) is 8.41. The van der Waals surface area contributed by atoms with Gasteiger partial charge in [0.15, 0.2) is 0 Å². The van der Waals surface area contributed by atoms with Crippen LogP contribution >= 0.6 is 28.6 Å². The summed E-state index contributed by atoms with van der Waals surface area (Å²) in [6, 6.07) is 11.5. The predicted octanol–water partition coefficient (Wildman–Crippen LogP) is 5.08. The molecule has 0 atom stereocenters. The molecular weight excluding hydrogens is 376 g/mol. The number of hydrogen-bond donors (Lipinski definition) is 1. The van der Waals surface area contributed by atoms with Crippen LogP contribution < -0.4 is 9.47 Å². The van der Waals surface area contributed by atoms with E-state index in [2.05, 4.69) is 28.6 Å². The molecule has 122 valence electrons. The third kappa shape index (κ3) is 4.75. The molecule has 0 spiro atoms. The molecule has 0 aliphatic rings. The van der Waals surface area contributed by atoms with E-state index in [-0.39, 0.29) is 5.97 Å². The van der Waals surface area contributed by atoms with Crippen molar-refractivity contribution in [2.24, 2.45) is 0 Å². The summed E-state index contributed by atoms with van der Waals surface area (Å²) in [7, 11) is 0. The number of esters is 1. The van der Waals surface area contributed by atoms with Crippen LogP contribution in [0.1, 0.15) is 30.0 Å². The van der Waals surface area contributed by atoms with Crippen LogP contribution in [-0.4, -0.2) is 5.97 Å². The number of carbonyl (C=O) groups excluding carboxylic acids is 1. The zero-order chi connectivity index (χ0) is 16.8. The van der Waals surface area contributed by atoms with Gasteiger partial charge in [-0.3, -0.25) is 4.79 Å². The van der Waals surface area contributed by atoms with Gasteiger partial charge in [-0.25, -0.2) is 0 Å². The first-order valence-electron chi connectivity index (χ1n) is 7.36. The molecule has 2 rings (SSSR count). The third-order valence-corrected chi connectivity index (χ3v) is 4.33. The topological polar surface area (TPSA) is 35.5 Å². The van der Waals surface area contributed by atoms with Gasteiger partial charge in [-0.15, -0.1) is 0 Å². The van der Waals surface area contributed by atoms with Crippen molar-refractivity contribution in [3.05, 3.63) is 57.6 Å². The van der Waals surface area contributed by atoms with Crippen molar-refractivity contribution in [2.75, 3.05) is 0 Å². The monoisotopic (exact) mass is 394 g/mol. The SMILES string of the molecule is CCC(=O)Oc1cccc(CS)c1COc1ccc(C)cc1Br. The minimum atomic E-state index is -0.265. The predicted molar refractivity (Wildman–Crippen MR) is 98.3 cm³/mol. The van der Waals surface area contributed by atoms with Crippen LogP contribution in [0.2, 0.25) is 0 Å². The Labute approximate surface area is 150 Å². The van der Waals surface area contributed by atoms with Crippen LogP contribution in [0.3, 0.4) is 0 Å². The Hall–Kier alpha value is -1.46. The van der Waals surface area contributed by atoms with Crippen LogP contribution in [0.4, 0.5) is 0 Å². The lowest BCUT2D eigenvalue weighted by Gasteiger charge is -2.15. The molecule has 0 heterocycles. The van der Waals surface area contributed by atoms with Gasteiger partial charge in [0, 0.05) is 17.7 Å². The molecular formula is C18H19BrO3S. The van der Waals surface area contributed by atoms with Crippen molar-refractivity contribution in [3.8, 4) is 11.5 Å². The number of carbonyl (C=O) groups is 1. The van der Waals surface area contributed by atoms with E-state index in [9.17, 15) is 4.79 Å². The fourth-order valence-corrected chi connectivity index (χ4v) is 2.99. The Morgan fingerprint density at radius 2 is 2.00 bits per heavy atom. The third-order valence-electron chi connectivity index (χ3n) is 3.37. The van der Waals surface area contributed by atoms with E-state index >= 15 is 0 Å². The van der Waals surface area contributed by atoms with Crippen LogP contribution in [0.15, 0.2) is 40.9 Å². The number of halogens is 1. The molecule has 0 fully saturated rings. The molecule has 2 aromatic rings. The van der Waals surface area contributed by atoms with Crippen LogP contribution in [-0.2, 0) is 17.2 Å². The summed E-state index contributed by atoms with van der Waals surface area (Å²) in [5.41, 5.74) is 2.98. The minimum absolute atomic E-state index is 0.265. The van der Waals surface area contributed by atoms with Crippen LogP contribution in [0.5, 0.6) is 11.5 Å². The Morgan fingerprint density at radius 3 is 2.65 bits per heavy atom. The van der Waals surface area contributed by atoms with Gasteiger partial charge in [-0.2, -0.15) is 12.6 Å². The quantitative estimate of drug-likeness (QED) is 0.421. The molecule has 0 aliphatic heterocycles. The van der Waals surface area contributed by atoms with E-state index in [1.54, 1.807) is 13.0 Å². The fraction of sp³-hybridized carbons (Fsp3) is 0.278. The molecule has 2 aromatic carbocycles. The number of ether oxygens (including phenoxy) is 2. The lowest BCUT2D eigenvalue weighted by Crippen LogP contribution is -2.10. The Bertz CT molecular complexity index is 701. The molecule has 0 saturated heterocycles. The largest absolute Gasteiger partial charge is 0.488 e. The number of benzene rings is 2. The van der Waals surface area contributed by atoms with E-state index in [4.69, 9.17) is 9.47 Å². The van der Waals surface area contributed by atoms with Crippen molar-refractivity contribution >= 4 is 34.5 Å². The van der Waals surface area contributed by atoms with E-state index in [0.717, 1.165) is 26.9 Å². The normalized spacial score (nSPS) is 10.4. The van der Waals surface area contributed by atoms with Crippen LogP contribution in [0.25, 0.3) is 0 Å². The highest BCUT2D eigenvalue weighted by Crippen LogP contribution is 2.30. The van der Waals surface area contributed by atoms with E-state index in [1.807, 2.05) is 37.3 Å². The van der Waals surface area contributed by atoms with Crippen molar-refractivity contribution in [1.82, 2.24) is 0 Å². The molecule has 0 unspecified atom stereocenters. The highest BCUT2D eigenvalue weighted by molar-refractivity contribution is 9.10. The lowest BCUT2D eigenvalue weighted by molar-refractivity contribution is -0.134. The molecule has 0 bridgehead atoms. The van der Waals surface area contributed by atoms with E-state index in [1.165, 1.54) is 0 Å². The summed E-state index contributed by atoms with van der Waals surface area (Å²) in [5.74, 6) is 1.56. The summed E-state index contributed by atoms with van der Waals surface area (Å²) in [4.78, 5) is 11.6. The van der Waals surface area contributed by atoms with Crippen LogP contribution in [0, 0.1) is 6.92 Å². The number of hydrogen-bond acceptors (Lipinski definition) is 4. The lowest BCUT2D eigenvalue weighted by atomic mass is 10.1. The van der Waals surface area contributed by atoms with Crippen molar-refractivity contribution in [3.63, 3.8) is 0 Å². The molecule has 3 nitrogen and oxygen atoms in total. The summed E-state index contributed by atoms with van der Waals surface area (Å²) in [6.45, 7) is 4.10. The molecule has 5 heteroatoms. The number of aryl methyl sites for hydroxylation is 1. The van der Waals surface area contributed by atoms with Gasteiger partial charge in [0.05, 0.1) is 4.47 Å². The Kier molecular flexibility index (Phi) is 6.54. The van der Waals surface area contributed by atoms with Crippen molar-refractivity contribution < 1.29 is 14.3 Å². The molecule has 23 heavy (non-hydrogen) atoms. The molecule has 0 aromatic heterocycles. The molecule has 0 amide bonds. The molecule has 0 radical (unpaired) electrons. The van der Waals surface area contributed by atoms with Gasteiger partial charge in [0.1, 0.15) is 18.1 Å². The standard InChI is InChI=1S/C18H19BrO3S/c1-3-18(20)22-16-6-4-5-13(11-23)14(16)10-21-17-8-7-12(2)9-15(17)19/h4-9,23H,3,10-11H2,1-2H3. The zero-order valence-corrected chi connectivity index (χ0v) is 15.6. The maximum atomic E-state index is 11.6. The second-order valence-electron chi connectivity index (χ2n) is 5.10. The van der Waals surface area contributed by atoms with Gasteiger partial charge < -0.3 is 9.47 Å². The average molecular weight is 395 g/mol. The van der Waals surface area contributed by atoms with E-state index in [0.29, 0.717) is 24.5 Å². The summed E-state index contributed by atoms with van der Waals surface area (Å²) < 4.78 is 12.2. The summed E-state index contributed by atoms with van der Waals surface area (Å²) >= 11 is 7.85. The maximum absolute atomic E-state index is 11.6. The van der Waals surface area contributed by atoms with Crippen molar-refractivity contribution in [2.45, 2.75) is 32.6 Å². The molecule has 0 N–H and O–H groups in total. The van der Waals surface area contributed by atoms with Gasteiger partial charge >= 0.3 is 5.97 Å². The first-order chi connectivity index (χ1) is 11.0. The average Bonchev–Trinajstić information content (AvgIpc) is 2.54. The van der Waals surface area contributed by atoms with Gasteiger partial charge in [0.25, 0.3) is 0 Å². The fourth-order valence-electron chi connectivity index (χ4n) is 2.09. The molecule has 0 saturated carbocycles. The van der Waals surface area contributed by atoms with E-state index < -0.39 is 0 Å². The Morgan fingerprint density at radius 1 is 1.22 bits per heavy atom. The highest BCUT2D eigenvalue weighted by Gasteiger charge is 2.13. The van der Waals surface area contributed by atoms with Crippen molar-refractivity contribution in [1.29, 1.82) is 0 Å². The zero-order valence-electron chi connectivity index (χ0n) is 13.1. The number of thiol groups is 1. The minimum Gasteiger partial charge on any atom is -0.488 e. The van der Waals surface area contributed by atoms with Gasteiger partial charge in [-0.1, -0.05) is 25.1 Å².